The van der Waals surface area contributed by atoms with Crippen LogP contribution >= 0.6 is 11.6 Å². The lowest BCUT2D eigenvalue weighted by Gasteiger charge is -2.26. The Labute approximate surface area is 202 Å². The summed E-state index contributed by atoms with van der Waals surface area (Å²) in [5, 5.41) is 9.34. The van der Waals surface area contributed by atoms with Gasteiger partial charge in [0.05, 0.1) is 30.7 Å². The first-order chi connectivity index (χ1) is 16.5. The van der Waals surface area contributed by atoms with Crippen molar-refractivity contribution in [1.82, 2.24) is 20.2 Å². The highest BCUT2D eigenvalue weighted by molar-refractivity contribution is 6.33. The number of nitrogens with one attached hydrogen (secondary N) is 3. The normalized spacial score (nSPS) is 13.3. The summed E-state index contributed by atoms with van der Waals surface area (Å²) in [5.41, 5.74) is 2.38. The lowest BCUT2D eigenvalue weighted by atomic mass is 10.1. The summed E-state index contributed by atoms with van der Waals surface area (Å²) in [6.07, 6.45) is 1.48. The highest BCUT2D eigenvalue weighted by Crippen LogP contribution is 2.27. The van der Waals surface area contributed by atoms with Gasteiger partial charge in [-0.05, 0) is 43.3 Å². The Kier molecular flexibility index (Phi) is 7.56. The first kappa shape index (κ1) is 23.5. The van der Waals surface area contributed by atoms with Gasteiger partial charge in [-0.2, -0.15) is 4.98 Å². The van der Waals surface area contributed by atoms with Gasteiger partial charge in [-0.1, -0.05) is 23.7 Å². The molecule has 0 radical (unpaired) electrons. The second-order valence-electron chi connectivity index (χ2n) is 7.53. The van der Waals surface area contributed by atoms with Crippen LogP contribution in [0.2, 0.25) is 5.02 Å². The number of para-hydroxylation sites is 1. The van der Waals surface area contributed by atoms with Crippen LogP contribution in [0.5, 0.6) is 0 Å². The predicted octanol–water partition coefficient (Wildman–Crippen LogP) is 3.84. The van der Waals surface area contributed by atoms with E-state index in [4.69, 9.17) is 16.3 Å². The number of halogens is 1. The molecule has 0 atom stereocenters. The maximum absolute atomic E-state index is 12.6. The second kappa shape index (κ2) is 11.0. The number of ether oxygens (including phenoxy) is 1. The van der Waals surface area contributed by atoms with Gasteiger partial charge in [0, 0.05) is 30.9 Å². The summed E-state index contributed by atoms with van der Waals surface area (Å²) in [6, 6.07) is 14.2. The van der Waals surface area contributed by atoms with Crippen LogP contribution in [-0.4, -0.2) is 59.5 Å². The van der Waals surface area contributed by atoms with Crippen molar-refractivity contribution in [3.63, 3.8) is 0 Å². The van der Waals surface area contributed by atoms with Crippen LogP contribution in [0.25, 0.3) is 0 Å². The number of benzene rings is 2. The summed E-state index contributed by atoms with van der Waals surface area (Å²) in [6.45, 7) is 4.68. The minimum Gasteiger partial charge on any atom is -0.378 e. The second-order valence-corrected chi connectivity index (χ2v) is 7.93. The molecule has 10 heteroatoms. The first-order valence-corrected chi connectivity index (χ1v) is 11.3. The van der Waals surface area contributed by atoms with E-state index in [1.807, 2.05) is 13.0 Å². The van der Waals surface area contributed by atoms with E-state index in [2.05, 4.69) is 25.9 Å². The minimum atomic E-state index is -0.194. The molecule has 9 nitrogen and oxygen atoms in total. The third-order valence-electron chi connectivity index (χ3n) is 5.19. The SMILES string of the molecule is CCNC(=O)c1ccccc1Nc1nc(Nc2ccc(C(=O)N3CCOCC3)cc2)ncc1Cl. The quantitative estimate of drug-likeness (QED) is 0.471. The molecule has 34 heavy (non-hydrogen) atoms. The number of carbonyl (C=O) groups excluding carboxylic acids is 2. The Balaban J connectivity index is 1.48. The van der Waals surface area contributed by atoms with Crippen molar-refractivity contribution < 1.29 is 14.3 Å². The van der Waals surface area contributed by atoms with Crippen molar-refractivity contribution >= 4 is 46.6 Å². The minimum absolute atomic E-state index is 0.0187. The molecular formula is C24H25ClN6O3. The van der Waals surface area contributed by atoms with E-state index in [-0.39, 0.29) is 11.8 Å². The fourth-order valence-electron chi connectivity index (χ4n) is 3.46. The first-order valence-electron chi connectivity index (χ1n) is 11.0. The number of rotatable bonds is 7. The molecule has 2 heterocycles. The molecule has 0 unspecified atom stereocenters. The molecule has 1 fully saturated rings. The summed E-state index contributed by atoms with van der Waals surface area (Å²) in [5.74, 6) is 0.459. The molecule has 1 aromatic heterocycles. The van der Waals surface area contributed by atoms with Crippen LogP contribution in [0.3, 0.4) is 0 Å². The van der Waals surface area contributed by atoms with Gasteiger partial charge >= 0.3 is 0 Å². The molecule has 1 saturated heterocycles. The number of hydrogen-bond acceptors (Lipinski definition) is 7. The molecule has 0 bridgehead atoms. The van der Waals surface area contributed by atoms with Crippen LogP contribution in [0.15, 0.2) is 54.7 Å². The van der Waals surface area contributed by atoms with Crippen molar-refractivity contribution in [2.75, 3.05) is 43.5 Å². The highest BCUT2D eigenvalue weighted by atomic mass is 35.5. The molecule has 3 aromatic rings. The molecule has 0 saturated carbocycles. The van der Waals surface area contributed by atoms with E-state index in [1.54, 1.807) is 47.4 Å². The van der Waals surface area contributed by atoms with Gasteiger partial charge in [0.25, 0.3) is 11.8 Å². The summed E-state index contributed by atoms with van der Waals surface area (Å²) in [7, 11) is 0. The average molecular weight is 481 g/mol. The number of hydrogen-bond donors (Lipinski definition) is 3. The number of nitrogens with zero attached hydrogens (tertiary/aromatic N) is 3. The lowest BCUT2D eigenvalue weighted by Crippen LogP contribution is -2.40. The molecule has 0 spiro atoms. The lowest BCUT2D eigenvalue weighted by molar-refractivity contribution is 0.0303. The zero-order valence-electron chi connectivity index (χ0n) is 18.7. The molecule has 176 valence electrons. The van der Waals surface area contributed by atoms with Crippen LogP contribution in [0, 0.1) is 0 Å². The van der Waals surface area contributed by atoms with Gasteiger partial charge in [0.15, 0.2) is 5.82 Å². The predicted molar refractivity (Wildman–Crippen MR) is 131 cm³/mol. The zero-order valence-corrected chi connectivity index (χ0v) is 19.4. The number of aromatic nitrogens is 2. The summed E-state index contributed by atoms with van der Waals surface area (Å²) < 4.78 is 5.30. The topological polar surface area (TPSA) is 108 Å². The van der Waals surface area contributed by atoms with E-state index in [1.165, 1.54) is 6.20 Å². The molecular weight excluding hydrogens is 456 g/mol. The molecule has 0 aliphatic carbocycles. The van der Waals surface area contributed by atoms with Crippen molar-refractivity contribution in [3.05, 3.63) is 70.9 Å². The Hall–Kier alpha value is -3.69. The van der Waals surface area contributed by atoms with Crippen molar-refractivity contribution in [1.29, 1.82) is 0 Å². The smallest absolute Gasteiger partial charge is 0.254 e. The third-order valence-corrected chi connectivity index (χ3v) is 5.47. The number of amides is 2. The van der Waals surface area contributed by atoms with Crippen LogP contribution in [0.4, 0.5) is 23.1 Å². The largest absolute Gasteiger partial charge is 0.378 e. The van der Waals surface area contributed by atoms with Crippen molar-refractivity contribution in [2.45, 2.75) is 6.92 Å². The number of morpholine rings is 1. The van der Waals surface area contributed by atoms with Crippen molar-refractivity contribution in [2.24, 2.45) is 0 Å². The standard InChI is InChI=1S/C24H25ClN6O3/c1-2-26-22(32)18-5-3-4-6-20(18)29-21-19(25)15-27-24(30-21)28-17-9-7-16(8-10-17)23(33)31-11-13-34-14-12-31/h3-10,15H,2,11-14H2,1H3,(H,26,32)(H2,27,28,29,30). The fourth-order valence-corrected chi connectivity index (χ4v) is 3.60. The highest BCUT2D eigenvalue weighted by Gasteiger charge is 2.18. The van der Waals surface area contributed by atoms with Gasteiger partial charge in [-0.15, -0.1) is 0 Å². The Morgan fingerprint density at radius 3 is 2.53 bits per heavy atom. The maximum atomic E-state index is 12.6. The van der Waals surface area contributed by atoms with Gasteiger partial charge in [-0.3, -0.25) is 9.59 Å². The summed E-state index contributed by atoms with van der Waals surface area (Å²) in [4.78, 5) is 35.4. The van der Waals surface area contributed by atoms with E-state index >= 15 is 0 Å². The van der Waals surface area contributed by atoms with Gasteiger partial charge < -0.3 is 25.6 Å². The van der Waals surface area contributed by atoms with Crippen LogP contribution < -0.4 is 16.0 Å². The van der Waals surface area contributed by atoms with E-state index in [9.17, 15) is 9.59 Å². The Bertz CT molecular complexity index is 1170. The Morgan fingerprint density at radius 2 is 1.79 bits per heavy atom. The van der Waals surface area contributed by atoms with E-state index in [0.29, 0.717) is 66.5 Å². The van der Waals surface area contributed by atoms with E-state index in [0.717, 1.165) is 5.69 Å². The zero-order chi connectivity index (χ0) is 23.9. The van der Waals surface area contributed by atoms with Gasteiger partial charge in [-0.25, -0.2) is 4.98 Å². The number of carbonyl (C=O) groups is 2. The molecule has 2 amide bonds. The van der Waals surface area contributed by atoms with Crippen LogP contribution in [-0.2, 0) is 4.74 Å². The average Bonchev–Trinajstić information content (AvgIpc) is 2.87. The molecule has 1 aliphatic rings. The van der Waals surface area contributed by atoms with Gasteiger partial charge in [0.1, 0.15) is 5.02 Å². The molecule has 1 aliphatic heterocycles. The fraction of sp³-hybridized carbons (Fsp3) is 0.250. The Morgan fingerprint density at radius 1 is 1.06 bits per heavy atom. The molecule has 2 aromatic carbocycles. The summed E-state index contributed by atoms with van der Waals surface area (Å²) >= 11 is 6.30. The third kappa shape index (κ3) is 5.62. The monoisotopic (exact) mass is 480 g/mol. The van der Waals surface area contributed by atoms with Gasteiger partial charge in [0.2, 0.25) is 5.95 Å². The van der Waals surface area contributed by atoms with E-state index < -0.39 is 0 Å². The van der Waals surface area contributed by atoms with Crippen molar-refractivity contribution in [3.8, 4) is 0 Å². The number of anilines is 4. The maximum Gasteiger partial charge on any atom is 0.254 e. The molecule has 4 rings (SSSR count). The molecule has 3 N–H and O–H groups in total. The van der Waals surface area contributed by atoms with Crippen LogP contribution in [0.1, 0.15) is 27.6 Å².